The third-order valence-electron chi connectivity index (χ3n) is 2.03. The highest BCUT2D eigenvalue weighted by Gasteiger charge is 2.38. The summed E-state index contributed by atoms with van der Waals surface area (Å²) < 4.78 is 0. The van der Waals surface area contributed by atoms with E-state index in [-0.39, 0.29) is 11.6 Å². The van der Waals surface area contributed by atoms with Gasteiger partial charge in [0.25, 0.3) is 0 Å². The number of rotatable bonds is 2. The highest BCUT2D eigenvalue weighted by atomic mass is 16.3. The van der Waals surface area contributed by atoms with Gasteiger partial charge in [0.1, 0.15) is 0 Å². The number of nitrogens with two attached hydrogens (primary N) is 1. The second-order valence-electron chi connectivity index (χ2n) is 3.17. The molecular weight excluding hydrogens is 114 g/mol. The zero-order valence-corrected chi connectivity index (χ0v) is 5.93. The molecule has 1 aliphatic rings. The summed E-state index contributed by atoms with van der Waals surface area (Å²) >= 11 is 0. The van der Waals surface area contributed by atoms with Crippen LogP contribution in [0, 0.1) is 0 Å². The summed E-state index contributed by atoms with van der Waals surface area (Å²) in [6.45, 7) is 2.12. The maximum Gasteiger partial charge on any atom is 0.0575 e. The van der Waals surface area contributed by atoms with Crippen molar-refractivity contribution in [3.63, 3.8) is 0 Å². The highest BCUT2D eigenvalue weighted by molar-refractivity contribution is 4.97. The molecular formula is C7H15NO. The fourth-order valence-corrected chi connectivity index (χ4v) is 1.58. The molecule has 9 heavy (non-hydrogen) atoms. The highest BCUT2D eigenvalue weighted by Crippen LogP contribution is 2.33. The van der Waals surface area contributed by atoms with Gasteiger partial charge in [0.05, 0.1) is 6.10 Å². The standard InChI is InChI=1S/C7H15NO/c1-2-3-7(8)4-6(9)5-7/h6,9H,2-5,8H2,1H3. The van der Waals surface area contributed by atoms with Crippen molar-refractivity contribution < 1.29 is 5.11 Å². The van der Waals surface area contributed by atoms with Crippen molar-refractivity contribution in [2.45, 2.75) is 44.2 Å². The van der Waals surface area contributed by atoms with Gasteiger partial charge in [0.15, 0.2) is 0 Å². The Balaban J connectivity index is 2.23. The normalized spacial score (nSPS) is 42.3. The smallest absolute Gasteiger partial charge is 0.0575 e. The van der Waals surface area contributed by atoms with E-state index in [0.29, 0.717) is 0 Å². The van der Waals surface area contributed by atoms with Crippen LogP contribution < -0.4 is 5.73 Å². The van der Waals surface area contributed by atoms with Crippen LogP contribution in [0.15, 0.2) is 0 Å². The summed E-state index contributed by atoms with van der Waals surface area (Å²) in [6.07, 6.45) is 3.69. The summed E-state index contributed by atoms with van der Waals surface area (Å²) in [7, 11) is 0. The van der Waals surface area contributed by atoms with Crippen molar-refractivity contribution >= 4 is 0 Å². The van der Waals surface area contributed by atoms with E-state index >= 15 is 0 Å². The molecule has 0 aromatic rings. The first kappa shape index (κ1) is 7.03. The molecule has 1 saturated carbocycles. The summed E-state index contributed by atoms with van der Waals surface area (Å²) in [4.78, 5) is 0. The van der Waals surface area contributed by atoms with Crippen LogP contribution in [0.4, 0.5) is 0 Å². The molecule has 3 N–H and O–H groups in total. The van der Waals surface area contributed by atoms with Crippen molar-refractivity contribution in [1.29, 1.82) is 0 Å². The predicted octanol–water partition coefficient (Wildman–Crippen LogP) is 0.639. The molecule has 0 saturated heterocycles. The monoisotopic (exact) mass is 129 g/mol. The van der Waals surface area contributed by atoms with Crippen molar-refractivity contribution in [3.05, 3.63) is 0 Å². The van der Waals surface area contributed by atoms with Gasteiger partial charge in [-0.25, -0.2) is 0 Å². The van der Waals surface area contributed by atoms with Gasteiger partial charge >= 0.3 is 0 Å². The van der Waals surface area contributed by atoms with Gasteiger partial charge in [-0.15, -0.1) is 0 Å². The van der Waals surface area contributed by atoms with E-state index in [0.717, 1.165) is 25.7 Å². The van der Waals surface area contributed by atoms with E-state index in [1.54, 1.807) is 0 Å². The number of aliphatic hydroxyl groups excluding tert-OH is 1. The van der Waals surface area contributed by atoms with Crippen LogP contribution in [-0.4, -0.2) is 16.7 Å². The largest absolute Gasteiger partial charge is 0.393 e. The molecule has 0 radical (unpaired) electrons. The van der Waals surface area contributed by atoms with Crippen LogP contribution in [0.2, 0.25) is 0 Å². The fourth-order valence-electron chi connectivity index (χ4n) is 1.58. The summed E-state index contributed by atoms with van der Waals surface area (Å²) in [6, 6.07) is 0. The molecule has 1 aliphatic carbocycles. The minimum Gasteiger partial charge on any atom is -0.393 e. The summed E-state index contributed by atoms with van der Waals surface area (Å²) in [5.41, 5.74) is 5.84. The number of hydrogen-bond donors (Lipinski definition) is 2. The lowest BCUT2D eigenvalue weighted by Crippen LogP contribution is -2.54. The molecule has 2 nitrogen and oxygen atoms in total. The first-order chi connectivity index (χ1) is 4.16. The maximum absolute atomic E-state index is 8.93. The van der Waals surface area contributed by atoms with Crippen molar-refractivity contribution in [2.24, 2.45) is 5.73 Å². The first-order valence-electron chi connectivity index (χ1n) is 3.63. The lowest BCUT2D eigenvalue weighted by Gasteiger charge is -2.42. The van der Waals surface area contributed by atoms with Gasteiger partial charge < -0.3 is 10.8 Å². The lowest BCUT2D eigenvalue weighted by molar-refractivity contribution is 0.0185. The van der Waals surface area contributed by atoms with E-state index in [4.69, 9.17) is 10.8 Å². The molecule has 2 heteroatoms. The third kappa shape index (κ3) is 1.43. The second kappa shape index (κ2) is 2.27. The maximum atomic E-state index is 8.93. The van der Waals surface area contributed by atoms with Crippen LogP contribution in [0.3, 0.4) is 0 Å². The van der Waals surface area contributed by atoms with Gasteiger partial charge in [-0.05, 0) is 19.3 Å². The minimum atomic E-state index is -0.110. The molecule has 54 valence electrons. The van der Waals surface area contributed by atoms with Crippen molar-refractivity contribution in [1.82, 2.24) is 0 Å². The molecule has 0 unspecified atom stereocenters. The molecule has 1 fully saturated rings. The predicted molar refractivity (Wildman–Crippen MR) is 37.1 cm³/mol. The summed E-state index contributed by atoms with van der Waals surface area (Å²) in [5.74, 6) is 0. The Morgan fingerprint density at radius 2 is 2.22 bits per heavy atom. The van der Waals surface area contributed by atoms with Gasteiger partial charge in [0.2, 0.25) is 0 Å². The van der Waals surface area contributed by atoms with Gasteiger partial charge in [-0.3, -0.25) is 0 Å². The third-order valence-corrected chi connectivity index (χ3v) is 2.03. The molecule has 0 amide bonds. The Kier molecular flexibility index (Phi) is 1.78. The molecule has 0 aromatic heterocycles. The average molecular weight is 129 g/mol. The fraction of sp³-hybridized carbons (Fsp3) is 1.00. The first-order valence-corrected chi connectivity index (χ1v) is 3.63. The van der Waals surface area contributed by atoms with Gasteiger partial charge in [-0.1, -0.05) is 13.3 Å². The Bertz CT molecular complexity index is 91.6. The number of hydrogen-bond acceptors (Lipinski definition) is 2. The zero-order chi connectivity index (χ0) is 6.91. The van der Waals surface area contributed by atoms with Crippen LogP contribution in [-0.2, 0) is 0 Å². The molecule has 0 spiro atoms. The van der Waals surface area contributed by atoms with E-state index in [1.807, 2.05) is 0 Å². The Labute approximate surface area is 56.1 Å². The Morgan fingerprint density at radius 1 is 1.67 bits per heavy atom. The van der Waals surface area contributed by atoms with E-state index in [1.165, 1.54) is 0 Å². The van der Waals surface area contributed by atoms with Crippen LogP contribution in [0.1, 0.15) is 32.6 Å². The van der Waals surface area contributed by atoms with Crippen LogP contribution in [0.5, 0.6) is 0 Å². The molecule has 0 bridgehead atoms. The Hall–Kier alpha value is -0.0800. The molecule has 0 aliphatic heterocycles. The van der Waals surface area contributed by atoms with E-state index in [2.05, 4.69) is 6.92 Å². The second-order valence-corrected chi connectivity index (χ2v) is 3.17. The van der Waals surface area contributed by atoms with Crippen molar-refractivity contribution in [3.8, 4) is 0 Å². The topological polar surface area (TPSA) is 46.2 Å². The number of aliphatic hydroxyl groups is 1. The van der Waals surface area contributed by atoms with Crippen LogP contribution >= 0.6 is 0 Å². The molecule has 0 atom stereocenters. The summed E-state index contributed by atoms with van der Waals surface area (Å²) in [5, 5.41) is 8.93. The van der Waals surface area contributed by atoms with E-state index in [9.17, 15) is 0 Å². The van der Waals surface area contributed by atoms with Crippen molar-refractivity contribution in [2.75, 3.05) is 0 Å². The van der Waals surface area contributed by atoms with Gasteiger partial charge in [0, 0.05) is 5.54 Å². The van der Waals surface area contributed by atoms with Gasteiger partial charge in [-0.2, -0.15) is 0 Å². The lowest BCUT2D eigenvalue weighted by atomic mass is 9.72. The Morgan fingerprint density at radius 3 is 2.56 bits per heavy atom. The zero-order valence-electron chi connectivity index (χ0n) is 5.93. The minimum absolute atomic E-state index is 0.00579. The molecule has 0 heterocycles. The molecule has 1 rings (SSSR count). The average Bonchev–Trinajstić information content (AvgIpc) is 1.62. The molecule has 0 aromatic carbocycles. The SMILES string of the molecule is CCCC1(N)CC(O)C1. The quantitative estimate of drug-likeness (QED) is 0.574. The van der Waals surface area contributed by atoms with E-state index < -0.39 is 0 Å². The van der Waals surface area contributed by atoms with Crippen LogP contribution in [0.25, 0.3) is 0 Å².